The molecule has 0 aromatic rings. The third-order valence-corrected chi connectivity index (χ3v) is 2.16. The van der Waals surface area contributed by atoms with Gasteiger partial charge in [0, 0.05) is 0 Å². The summed E-state index contributed by atoms with van der Waals surface area (Å²) in [6.07, 6.45) is 3.13. The van der Waals surface area contributed by atoms with Crippen LogP contribution in [0.1, 0.15) is 20.8 Å². The summed E-state index contributed by atoms with van der Waals surface area (Å²) >= 11 is 11.6. The van der Waals surface area contributed by atoms with Gasteiger partial charge in [0.25, 0.3) is 0 Å². The second-order valence-electron chi connectivity index (χ2n) is 4.15. The van der Waals surface area contributed by atoms with Crippen LogP contribution in [0.2, 0.25) is 0 Å². The fraction of sp³-hybridized carbons (Fsp3) is 0.500. The normalized spacial score (nSPS) is 21.3. The maximum atomic E-state index is 11.6. The van der Waals surface area contributed by atoms with Crippen molar-refractivity contribution < 1.29 is 9.53 Å². The number of dihydropyridines is 1. The molecule has 5 heteroatoms. The Hall–Kier alpha value is -0.670. The summed E-state index contributed by atoms with van der Waals surface area (Å²) in [5.74, 6) is -0.435. The van der Waals surface area contributed by atoms with Crippen LogP contribution in [0.3, 0.4) is 0 Å². The molecule has 1 rings (SSSR count). The minimum absolute atomic E-state index is 0.357. The Morgan fingerprint density at radius 2 is 2.07 bits per heavy atom. The Kier molecular flexibility index (Phi) is 3.68. The molecule has 0 aromatic heterocycles. The summed E-state index contributed by atoms with van der Waals surface area (Å²) in [4.78, 5) is 11.6. The lowest BCUT2D eigenvalue weighted by atomic mass is 10.1. The van der Waals surface area contributed by atoms with Crippen LogP contribution in [0.15, 0.2) is 22.9 Å². The first-order valence-corrected chi connectivity index (χ1v) is 5.32. The summed E-state index contributed by atoms with van der Waals surface area (Å²) in [7, 11) is 0. The van der Waals surface area contributed by atoms with Crippen molar-refractivity contribution in [3.05, 3.63) is 22.9 Å². The molecule has 0 aliphatic carbocycles. The van der Waals surface area contributed by atoms with Crippen molar-refractivity contribution in [1.82, 2.24) is 5.32 Å². The highest BCUT2D eigenvalue weighted by atomic mass is 35.5. The average Bonchev–Trinajstić information content (AvgIpc) is 1.99. The maximum absolute atomic E-state index is 11.6. The van der Waals surface area contributed by atoms with Gasteiger partial charge >= 0.3 is 5.97 Å². The summed E-state index contributed by atoms with van der Waals surface area (Å²) in [6, 6.07) is 0. The predicted octanol–water partition coefficient (Wildman–Crippen LogP) is 2.50. The minimum atomic E-state index is -0.641. The summed E-state index contributed by atoms with van der Waals surface area (Å²) in [5, 5.41) is 3.12. The van der Waals surface area contributed by atoms with Crippen molar-refractivity contribution in [1.29, 1.82) is 0 Å². The van der Waals surface area contributed by atoms with Gasteiger partial charge in [0.2, 0.25) is 0 Å². The molecule has 84 valence electrons. The molecule has 0 spiro atoms. The lowest BCUT2D eigenvalue weighted by Crippen LogP contribution is -2.33. The van der Waals surface area contributed by atoms with E-state index in [0.29, 0.717) is 10.7 Å². The van der Waals surface area contributed by atoms with Gasteiger partial charge in [-0.15, -0.1) is 0 Å². The number of rotatable bonds is 1. The van der Waals surface area contributed by atoms with E-state index in [9.17, 15) is 4.79 Å². The lowest BCUT2D eigenvalue weighted by Gasteiger charge is -2.24. The van der Waals surface area contributed by atoms with Gasteiger partial charge in [0.15, 0.2) is 0 Å². The number of carbonyl (C=O) groups excluding carboxylic acids is 1. The zero-order chi connectivity index (χ0) is 11.6. The molecule has 1 aliphatic heterocycles. The molecule has 1 aliphatic rings. The lowest BCUT2D eigenvalue weighted by molar-refractivity contribution is -0.150. The van der Waals surface area contributed by atoms with Gasteiger partial charge in [0.1, 0.15) is 16.3 Å². The number of hydrogen-bond donors (Lipinski definition) is 1. The van der Waals surface area contributed by atoms with Crippen LogP contribution < -0.4 is 5.32 Å². The summed E-state index contributed by atoms with van der Waals surface area (Å²) in [6.45, 7) is 5.40. The van der Waals surface area contributed by atoms with Gasteiger partial charge in [0.05, 0.1) is 5.57 Å². The Morgan fingerprint density at radius 1 is 1.47 bits per heavy atom. The molecule has 1 N–H and O–H groups in total. The van der Waals surface area contributed by atoms with E-state index in [0.717, 1.165) is 0 Å². The quantitative estimate of drug-likeness (QED) is 0.441. The third-order valence-electron chi connectivity index (χ3n) is 1.58. The smallest absolute Gasteiger partial charge is 0.337 e. The van der Waals surface area contributed by atoms with E-state index in [4.69, 9.17) is 27.9 Å². The molecule has 0 saturated carbocycles. The average molecular weight is 250 g/mol. The van der Waals surface area contributed by atoms with Crippen LogP contribution in [0.25, 0.3) is 0 Å². The standard InChI is InChI=1S/C10H13Cl2NO2/c1-10(2,3)15-9(14)6-4-5-7(11)13-8(6)12/h4-5,8,13H,1-3H3. The molecule has 0 amide bonds. The highest BCUT2D eigenvalue weighted by Crippen LogP contribution is 2.20. The van der Waals surface area contributed by atoms with Crippen molar-refractivity contribution in [2.45, 2.75) is 31.9 Å². The van der Waals surface area contributed by atoms with Gasteiger partial charge in [-0.05, 0) is 32.9 Å². The Balaban J connectivity index is 2.76. The topological polar surface area (TPSA) is 38.3 Å². The molecule has 1 unspecified atom stereocenters. The van der Waals surface area contributed by atoms with Crippen LogP contribution in [0.5, 0.6) is 0 Å². The SMILES string of the molecule is CC(C)(C)OC(=O)C1=CC=C(Cl)NC1Cl. The zero-order valence-electron chi connectivity index (χ0n) is 8.80. The van der Waals surface area contributed by atoms with Gasteiger partial charge in [-0.1, -0.05) is 23.2 Å². The monoisotopic (exact) mass is 249 g/mol. The first kappa shape index (κ1) is 12.4. The number of nitrogens with one attached hydrogen (secondary N) is 1. The second-order valence-corrected chi connectivity index (χ2v) is 4.99. The molecule has 0 aromatic carbocycles. The van der Waals surface area contributed by atoms with Crippen molar-refractivity contribution in [2.24, 2.45) is 0 Å². The predicted molar refractivity (Wildman–Crippen MR) is 60.6 cm³/mol. The Bertz CT molecular complexity index is 329. The van der Waals surface area contributed by atoms with E-state index < -0.39 is 17.1 Å². The van der Waals surface area contributed by atoms with Crippen LogP contribution in [-0.4, -0.2) is 17.1 Å². The van der Waals surface area contributed by atoms with Gasteiger partial charge in [-0.2, -0.15) is 0 Å². The van der Waals surface area contributed by atoms with E-state index in [1.165, 1.54) is 0 Å². The number of hydrogen-bond acceptors (Lipinski definition) is 3. The molecule has 1 heterocycles. The molecule has 0 bridgehead atoms. The van der Waals surface area contributed by atoms with Crippen LogP contribution in [0.4, 0.5) is 0 Å². The number of carbonyl (C=O) groups is 1. The van der Waals surface area contributed by atoms with E-state index in [-0.39, 0.29) is 0 Å². The van der Waals surface area contributed by atoms with Crippen molar-refractivity contribution in [2.75, 3.05) is 0 Å². The first-order valence-electron chi connectivity index (χ1n) is 4.51. The van der Waals surface area contributed by atoms with Crippen LogP contribution >= 0.6 is 23.2 Å². The summed E-state index contributed by atoms with van der Waals surface area (Å²) in [5.41, 5.74) is -0.812. The number of halogens is 2. The van der Waals surface area contributed by atoms with Gasteiger partial charge < -0.3 is 10.1 Å². The third kappa shape index (κ3) is 3.76. The number of alkyl halides is 1. The van der Waals surface area contributed by atoms with Crippen molar-refractivity contribution in [3.63, 3.8) is 0 Å². The second kappa shape index (κ2) is 4.45. The highest BCUT2D eigenvalue weighted by molar-refractivity contribution is 6.31. The Morgan fingerprint density at radius 3 is 2.53 bits per heavy atom. The van der Waals surface area contributed by atoms with Crippen LogP contribution in [0, 0.1) is 0 Å². The number of allylic oxidation sites excluding steroid dienone is 2. The molecule has 1 atom stereocenters. The van der Waals surface area contributed by atoms with E-state index in [2.05, 4.69) is 5.32 Å². The number of ether oxygens (including phenoxy) is 1. The van der Waals surface area contributed by atoms with E-state index in [1.807, 2.05) is 0 Å². The molecular formula is C10H13Cl2NO2. The van der Waals surface area contributed by atoms with Gasteiger partial charge in [-0.3, -0.25) is 0 Å². The molecular weight excluding hydrogens is 237 g/mol. The van der Waals surface area contributed by atoms with E-state index in [1.54, 1.807) is 32.9 Å². The van der Waals surface area contributed by atoms with Crippen molar-refractivity contribution >= 4 is 29.2 Å². The molecule has 3 nitrogen and oxygen atoms in total. The first-order chi connectivity index (χ1) is 6.79. The number of esters is 1. The molecule has 15 heavy (non-hydrogen) atoms. The Labute approximate surface area is 99.1 Å². The zero-order valence-corrected chi connectivity index (χ0v) is 10.3. The fourth-order valence-electron chi connectivity index (χ4n) is 1.00. The van der Waals surface area contributed by atoms with E-state index >= 15 is 0 Å². The van der Waals surface area contributed by atoms with Gasteiger partial charge in [-0.25, -0.2) is 4.79 Å². The van der Waals surface area contributed by atoms with Crippen molar-refractivity contribution in [3.8, 4) is 0 Å². The molecule has 0 radical (unpaired) electrons. The molecule has 0 fully saturated rings. The molecule has 0 saturated heterocycles. The largest absolute Gasteiger partial charge is 0.457 e. The minimum Gasteiger partial charge on any atom is -0.457 e. The highest BCUT2D eigenvalue weighted by Gasteiger charge is 2.26. The fourth-order valence-corrected chi connectivity index (χ4v) is 1.51. The van der Waals surface area contributed by atoms with Crippen LogP contribution in [-0.2, 0) is 9.53 Å². The maximum Gasteiger partial charge on any atom is 0.337 e. The summed E-state index contributed by atoms with van der Waals surface area (Å²) < 4.78 is 5.18.